The van der Waals surface area contributed by atoms with Crippen LogP contribution in [0.1, 0.15) is 74.6 Å². The number of carbonyl (C=O) groups excluding carboxylic acids is 2. The summed E-state index contributed by atoms with van der Waals surface area (Å²) in [6.07, 6.45) is 4.80. The highest BCUT2D eigenvalue weighted by Crippen LogP contribution is 2.17. The molecule has 1 rings (SSSR count). The Morgan fingerprint density at radius 2 is 1.60 bits per heavy atom. The van der Waals surface area contributed by atoms with Crippen LogP contribution >= 0.6 is 0 Å². The quantitative estimate of drug-likeness (QED) is 0.859. The smallest absolute Gasteiger partial charge is 0.222 e. The Bertz CT molecular complexity index is 253. The van der Waals surface area contributed by atoms with Crippen molar-refractivity contribution in [2.75, 3.05) is 13.1 Å². The number of primary amides is 1. The Labute approximate surface area is 126 Å². The van der Waals surface area contributed by atoms with E-state index >= 15 is 0 Å². The van der Waals surface area contributed by atoms with Crippen molar-refractivity contribution in [2.24, 2.45) is 11.7 Å². The van der Waals surface area contributed by atoms with E-state index < -0.39 is 0 Å². The standard InChI is InChI=1S/C11H20N2O2.C3H8.C2H6.H2/c1-9-5-7-13(8-6-9)11(15)4-2-3-10(12)14;1-3-2;1-2;/h9H,2-8H2,1H3,(H2,12,14);3H2,1-2H3;1-2H3;1H. The Balaban J connectivity index is -0.000000479. The summed E-state index contributed by atoms with van der Waals surface area (Å²) in [6.45, 7) is 12.2. The topological polar surface area (TPSA) is 63.4 Å². The third-order valence-electron chi connectivity index (χ3n) is 2.95. The van der Waals surface area contributed by atoms with Crippen LogP contribution in [0.15, 0.2) is 0 Å². The molecule has 0 atom stereocenters. The van der Waals surface area contributed by atoms with Crippen molar-refractivity contribution in [2.45, 2.75) is 73.1 Å². The van der Waals surface area contributed by atoms with Crippen molar-refractivity contribution in [3.63, 3.8) is 0 Å². The molecule has 1 aliphatic heterocycles. The minimum absolute atomic E-state index is 0. The number of nitrogens with zero attached hydrogens (tertiary/aromatic N) is 1. The Hall–Kier alpha value is -1.06. The molecule has 4 heteroatoms. The van der Waals surface area contributed by atoms with Gasteiger partial charge in [0.15, 0.2) is 0 Å². The summed E-state index contributed by atoms with van der Waals surface area (Å²) in [5.74, 6) is 0.581. The molecule has 0 aliphatic carbocycles. The fourth-order valence-electron chi connectivity index (χ4n) is 1.83. The molecule has 4 nitrogen and oxygen atoms in total. The van der Waals surface area contributed by atoms with Crippen LogP contribution in [-0.4, -0.2) is 29.8 Å². The molecule has 0 aromatic rings. The molecular formula is C16H36N2O2. The van der Waals surface area contributed by atoms with Gasteiger partial charge in [0.2, 0.25) is 11.8 Å². The predicted molar refractivity (Wildman–Crippen MR) is 87.5 cm³/mol. The van der Waals surface area contributed by atoms with Gasteiger partial charge < -0.3 is 10.6 Å². The second-order valence-electron chi connectivity index (χ2n) is 5.09. The van der Waals surface area contributed by atoms with E-state index in [0.717, 1.165) is 31.8 Å². The number of hydrogen-bond acceptors (Lipinski definition) is 2. The summed E-state index contributed by atoms with van der Waals surface area (Å²) in [5.41, 5.74) is 5.01. The summed E-state index contributed by atoms with van der Waals surface area (Å²) in [5, 5.41) is 0. The van der Waals surface area contributed by atoms with E-state index in [0.29, 0.717) is 19.3 Å². The zero-order chi connectivity index (χ0) is 16.0. The number of hydrogen-bond donors (Lipinski definition) is 1. The highest BCUT2D eigenvalue weighted by atomic mass is 16.2. The molecule has 2 N–H and O–H groups in total. The average molecular weight is 288 g/mol. The molecule has 0 radical (unpaired) electrons. The molecular weight excluding hydrogens is 252 g/mol. The van der Waals surface area contributed by atoms with Crippen LogP contribution in [0.3, 0.4) is 0 Å². The third kappa shape index (κ3) is 12.0. The normalized spacial score (nSPS) is 14.6. The minimum atomic E-state index is -0.324. The van der Waals surface area contributed by atoms with Crippen LogP contribution < -0.4 is 5.73 Å². The summed E-state index contributed by atoms with van der Waals surface area (Å²) >= 11 is 0. The highest BCUT2D eigenvalue weighted by molar-refractivity contribution is 5.78. The number of rotatable bonds is 4. The summed E-state index contributed by atoms with van der Waals surface area (Å²) in [7, 11) is 0. The zero-order valence-electron chi connectivity index (χ0n) is 14.1. The molecule has 0 aromatic heterocycles. The Kier molecular flexibility index (Phi) is 15.2. The fourth-order valence-corrected chi connectivity index (χ4v) is 1.83. The van der Waals surface area contributed by atoms with Crippen molar-refractivity contribution >= 4 is 11.8 Å². The largest absolute Gasteiger partial charge is 0.370 e. The molecule has 1 fully saturated rings. The number of carbonyl (C=O) groups is 2. The van der Waals surface area contributed by atoms with E-state index in [1.54, 1.807) is 0 Å². The van der Waals surface area contributed by atoms with Gasteiger partial charge in [0, 0.05) is 27.4 Å². The van der Waals surface area contributed by atoms with Crippen LogP contribution in [-0.2, 0) is 9.59 Å². The third-order valence-corrected chi connectivity index (χ3v) is 2.95. The highest BCUT2D eigenvalue weighted by Gasteiger charge is 2.19. The second kappa shape index (κ2) is 14.4. The van der Waals surface area contributed by atoms with Crippen molar-refractivity contribution < 1.29 is 11.0 Å². The first-order chi connectivity index (χ1) is 9.51. The second-order valence-corrected chi connectivity index (χ2v) is 5.09. The molecule has 122 valence electrons. The molecule has 0 bridgehead atoms. The molecule has 0 unspecified atom stereocenters. The molecule has 1 aliphatic rings. The SMILES string of the molecule is CC.CC1CCN(C(=O)CCCC(N)=O)CC1.CCC.[HH]. The van der Waals surface area contributed by atoms with Crippen LogP contribution in [0.5, 0.6) is 0 Å². The Morgan fingerprint density at radius 3 is 2.00 bits per heavy atom. The van der Waals surface area contributed by atoms with E-state index in [9.17, 15) is 9.59 Å². The van der Waals surface area contributed by atoms with E-state index in [2.05, 4.69) is 20.8 Å². The summed E-state index contributed by atoms with van der Waals surface area (Å²) in [4.78, 5) is 24.1. The van der Waals surface area contributed by atoms with Crippen LogP contribution in [0.4, 0.5) is 0 Å². The minimum Gasteiger partial charge on any atom is -0.370 e. The van der Waals surface area contributed by atoms with Gasteiger partial charge in [0.25, 0.3) is 0 Å². The van der Waals surface area contributed by atoms with Gasteiger partial charge in [0.1, 0.15) is 0 Å². The van der Waals surface area contributed by atoms with Crippen LogP contribution in [0, 0.1) is 5.92 Å². The summed E-state index contributed by atoms with van der Waals surface area (Å²) < 4.78 is 0. The lowest BCUT2D eigenvalue weighted by atomic mass is 9.99. The maximum absolute atomic E-state index is 11.7. The molecule has 0 saturated carbocycles. The van der Waals surface area contributed by atoms with Gasteiger partial charge in [0.05, 0.1) is 0 Å². The number of amides is 2. The molecule has 1 heterocycles. The first-order valence-electron chi connectivity index (χ1n) is 8.07. The van der Waals surface area contributed by atoms with Gasteiger partial charge >= 0.3 is 0 Å². The molecule has 0 aromatic carbocycles. The lowest BCUT2D eigenvalue weighted by Gasteiger charge is -2.30. The van der Waals surface area contributed by atoms with Gasteiger partial charge in [-0.15, -0.1) is 0 Å². The van der Waals surface area contributed by atoms with Crippen molar-refractivity contribution in [1.82, 2.24) is 4.90 Å². The maximum atomic E-state index is 11.7. The van der Waals surface area contributed by atoms with E-state index in [1.165, 1.54) is 6.42 Å². The average Bonchev–Trinajstić information content (AvgIpc) is 2.42. The monoisotopic (exact) mass is 288 g/mol. The van der Waals surface area contributed by atoms with Gasteiger partial charge in [-0.2, -0.15) is 0 Å². The lowest BCUT2D eigenvalue weighted by molar-refractivity contribution is -0.132. The molecule has 1 saturated heterocycles. The maximum Gasteiger partial charge on any atom is 0.222 e. The van der Waals surface area contributed by atoms with Crippen LogP contribution in [0.25, 0.3) is 0 Å². The number of nitrogens with two attached hydrogens (primary N) is 1. The number of piperidine rings is 1. The Morgan fingerprint density at radius 1 is 1.15 bits per heavy atom. The van der Waals surface area contributed by atoms with Crippen LogP contribution in [0.2, 0.25) is 0 Å². The van der Waals surface area contributed by atoms with Crippen molar-refractivity contribution in [1.29, 1.82) is 0 Å². The predicted octanol–water partition coefficient (Wildman–Crippen LogP) is 3.59. The first-order valence-corrected chi connectivity index (χ1v) is 8.07. The van der Waals surface area contributed by atoms with Gasteiger partial charge in [-0.1, -0.05) is 41.0 Å². The van der Waals surface area contributed by atoms with E-state index in [-0.39, 0.29) is 13.2 Å². The van der Waals surface area contributed by atoms with Crippen molar-refractivity contribution in [3.05, 3.63) is 0 Å². The van der Waals surface area contributed by atoms with Crippen molar-refractivity contribution in [3.8, 4) is 0 Å². The fraction of sp³-hybridized carbons (Fsp3) is 0.875. The molecule has 0 spiro atoms. The molecule has 2 amide bonds. The zero-order valence-corrected chi connectivity index (χ0v) is 14.1. The van der Waals surface area contributed by atoms with Gasteiger partial charge in [-0.25, -0.2) is 0 Å². The van der Waals surface area contributed by atoms with E-state index in [4.69, 9.17) is 5.73 Å². The van der Waals surface area contributed by atoms with Gasteiger partial charge in [-0.3, -0.25) is 9.59 Å². The van der Waals surface area contributed by atoms with Gasteiger partial charge in [-0.05, 0) is 25.2 Å². The molecule has 20 heavy (non-hydrogen) atoms. The van der Waals surface area contributed by atoms with E-state index in [1.807, 2.05) is 18.7 Å². The number of likely N-dealkylation sites (tertiary alicyclic amines) is 1. The first kappa shape index (κ1) is 21.2. The summed E-state index contributed by atoms with van der Waals surface area (Å²) in [6, 6.07) is 0. The lowest BCUT2D eigenvalue weighted by Crippen LogP contribution is -2.37.